The lowest BCUT2D eigenvalue weighted by atomic mass is 10.2. The number of ether oxygens (including phenoxy) is 1. The van der Waals surface area contributed by atoms with Gasteiger partial charge in [-0.15, -0.1) is 0 Å². The fourth-order valence-corrected chi connectivity index (χ4v) is 1.35. The highest BCUT2D eigenvalue weighted by molar-refractivity contribution is 9.10. The summed E-state index contributed by atoms with van der Waals surface area (Å²) in [5, 5.41) is 8.58. The molecular formula is C9H13BrN2O2. The molecule has 1 aromatic heterocycles. The van der Waals surface area contributed by atoms with Crippen molar-refractivity contribution in [3.8, 4) is 5.88 Å². The molecule has 0 spiro atoms. The minimum absolute atomic E-state index is 0.117. The van der Waals surface area contributed by atoms with Crippen LogP contribution in [0.15, 0.2) is 10.7 Å². The van der Waals surface area contributed by atoms with Gasteiger partial charge in [0.25, 0.3) is 0 Å². The molecule has 0 amide bonds. The zero-order valence-electron chi connectivity index (χ0n) is 7.96. The monoisotopic (exact) mass is 260 g/mol. The van der Waals surface area contributed by atoms with Crippen molar-refractivity contribution in [2.24, 2.45) is 0 Å². The molecule has 0 saturated carbocycles. The van der Waals surface area contributed by atoms with Gasteiger partial charge in [-0.25, -0.2) is 4.98 Å². The molecule has 0 aliphatic rings. The normalized spacial score (nSPS) is 10.2. The van der Waals surface area contributed by atoms with Crippen LogP contribution in [0.5, 0.6) is 5.88 Å². The average Bonchev–Trinajstić information content (AvgIpc) is 2.18. The summed E-state index contributed by atoms with van der Waals surface area (Å²) < 4.78 is 6.11. The summed E-state index contributed by atoms with van der Waals surface area (Å²) in [4.78, 5) is 4.03. The first-order valence-corrected chi connectivity index (χ1v) is 5.10. The zero-order valence-corrected chi connectivity index (χ0v) is 9.54. The molecule has 5 heteroatoms. The van der Waals surface area contributed by atoms with Crippen molar-refractivity contribution >= 4 is 21.6 Å². The van der Waals surface area contributed by atoms with E-state index in [2.05, 4.69) is 20.9 Å². The van der Waals surface area contributed by atoms with Gasteiger partial charge in [-0.1, -0.05) is 0 Å². The quantitative estimate of drug-likeness (QED) is 0.806. The van der Waals surface area contributed by atoms with E-state index in [1.54, 1.807) is 6.20 Å². The Morgan fingerprint density at radius 2 is 2.36 bits per heavy atom. The average molecular weight is 261 g/mol. The van der Waals surface area contributed by atoms with Crippen LogP contribution in [0.1, 0.15) is 12.0 Å². The fourth-order valence-electron chi connectivity index (χ4n) is 0.903. The highest BCUT2D eigenvalue weighted by Gasteiger charge is 2.07. The number of aliphatic hydroxyl groups excluding tert-OH is 1. The number of rotatable bonds is 4. The van der Waals surface area contributed by atoms with Crippen molar-refractivity contribution in [3.05, 3.63) is 16.2 Å². The predicted octanol–water partition coefficient (Wildman–Crippen LogP) is 1.50. The third-order valence-electron chi connectivity index (χ3n) is 1.81. The van der Waals surface area contributed by atoms with Crippen molar-refractivity contribution < 1.29 is 9.84 Å². The smallest absolute Gasteiger partial charge is 0.228 e. The molecule has 0 atom stereocenters. The van der Waals surface area contributed by atoms with E-state index in [0.717, 1.165) is 10.0 Å². The Hall–Kier alpha value is -0.810. The van der Waals surface area contributed by atoms with Gasteiger partial charge in [0, 0.05) is 13.0 Å². The molecule has 0 bridgehead atoms. The molecule has 0 saturated heterocycles. The number of aromatic nitrogens is 1. The first-order valence-electron chi connectivity index (χ1n) is 4.31. The van der Waals surface area contributed by atoms with Crippen LogP contribution in [0.2, 0.25) is 0 Å². The number of pyridine rings is 1. The van der Waals surface area contributed by atoms with E-state index >= 15 is 0 Å². The van der Waals surface area contributed by atoms with Gasteiger partial charge in [-0.3, -0.25) is 0 Å². The topological polar surface area (TPSA) is 68.4 Å². The minimum Gasteiger partial charge on any atom is -0.477 e. The van der Waals surface area contributed by atoms with Crippen LogP contribution >= 0.6 is 15.9 Å². The molecule has 1 aromatic rings. The fraction of sp³-hybridized carbons (Fsp3) is 0.444. The van der Waals surface area contributed by atoms with Gasteiger partial charge in [0.2, 0.25) is 5.88 Å². The Morgan fingerprint density at radius 1 is 1.64 bits per heavy atom. The van der Waals surface area contributed by atoms with Crippen LogP contribution < -0.4 is 10.5 Å². The standard InChI is InChI=1S/C9H13BrN2O2/c1-6-7(11)5-12-9(8(6)10)14-4-2-3-13/h5,13H,2-4,11H2,1H3. The summed E-state index contributed by atoms with van der Waals surface area (Å²) in [6.45, 7) is 2.46. The second kappa shape index (κ2) is 5.17. The maximum Gasteiger partial charge on any atom is 0.228 e. The van der Waals surface area contributed by atoms with Crippen LogP contribution in [0.25, 0.3) is 0 Å². The van der Waals surface area contributed by atoms with Crippen LogP contribution in [-0.2, 0) is 0 Å². The summed E-state index contributed by atoms with van der Waals surface area (Å²) >= 11 is 3.35. The molecule has 14 heavy (non-hydrogen) atoms. The van der Waals surface area contributed by atoms with E-state index in [0.29, 0.717) is 24.6 Å². The Morgan fingerprint density at radius 3 is 3.00 bits per heavy atom. The van der Waals surface area contributed by atoms with Crippen molar-refractivity contribution in [3.63, 3.8) is 0 Å². The Labute approximate surface area is 91.2 Å². The van der Waals surface area contributed by atoms with E-state index in [-0.39, 0.29) is 6.61 Å². The lowest BCUT2D eigenvalue weighted by Gasteiger charge is -2.09. The second-order valence-electron chi connectivity index (χ2n) is 2.88. The van der Waals surface area contributed by atoms with Gasteiger partial charge in [0.15, 0.2) is 0 Å². The molecule has 0 aliphatic heterocycles. The molecule has 0 fully saturated rings. The predicted molar refractivity (Wildman–Crippen MR) is 58.3 cm³/mol. The molecule has 78 valence electrons. The van der Waals surface area contributed by atoms with E-state index in [1.807, 2.05) is 6.92 Å². The third kappa shape index (κ3) is 2.59. The largest absolute Gasteiger partial charge is 0.477 e. The van der Waals surface area contributed by atoms with Gasteiger partial charge in [-0.2, -0.15) is 0 Å². The van der Waals surface area contributed by atoms with E-state index in [9.17, 15) is 0 Å². The lowest BCUT2D eigenvalue weighted by molar-refractivity contribution is 0.228. The van der Waals surface area contributed by atoms with Crippen molar-refractivity contribution in [1.82, 2.24) is 4.98 Å². The van der Waals surface area contributed by atoms with Crippen LogP contribution in [0.4, 0.5) is 5.69 Å². The molecule has 4 nitrogen and oxygen atoms in total. The summed E-state index contributed by atoms with van der Waals surface area (Å²) in [5.74, 6) is 0.519. The van der Waals surface area contributed by atoms with E-state index in [4.69, 9.17) is 15.6 Å². The van der Waals surface area contributed by atoms with Gasteiger partial charge in [0.1, 0.15) is 0 Å². The van der Waals surface area contributed by atoms with Gasteiger partial charge in [0.05, 0.1) is 23.0 Å². The van der Waals surface area contributed by atoms with E-state index in [1.165, 1.54) is 0 Å². The first-order chi connectivity index (χ1) is 6.66. The number of hydrogen-bond acceptors (Lipinski definition) is 4. The van der Waals surface area contributed by atoms with Gasteiger partial charge in [-0.05, 0) is 28.4 Å². The van der Waals surface area contributed by atoms with Crippen LogP contribution in [0.3, 0.4) is 0 Å². The summed E-state index contributed by atoms with van der Waals surface area (Å²) in [5.41, 5.74) is 7.20. The maximum absolute atomic E-state index is 8.58. The number of halogens is 1. The Balaban J connectivity index is 2.73. The summed E-state index contributed by atoms with van der Waals surface area (Å²) in [7, 11) is 0. The third-order valence-corrected chi connectivity index (χ3v) is 2.75. The molecule has 1 heterocycles. The molecule has 1 rings (SSSR count). The SMILES string of the molecule is Cc1c(N)cnc(OCCCO)c1Br. The Bertz CT molecular complexity index is 318. The second-order valence-corrected chi connectivity index (χ2v) is 3.68. The summed E-state index contributed by atoms with van der Waals surface area (Å²) in [6.07, 6.45) is 2.16. The number of nitrogen functional groups attached to an aromatic ring is 1. The van der Waals surface area contributed by atoms with Crippen LogP contribution in [0, 0.1) is 6.92 Å². The Kier molecular flexibility index (Phi) is 4.16. The molecule has 0 aromatic carbocycles. The van der Waals surface area contributed by atoms with Crippen LogP contribution in [-0.4, -0.2) is 23.3 Å². The molecular weight excluding hydrogens is 248 g/mol. The molecule has 0 aliphatic carbocycles. The number of nitrogens with zero attached hydrogens (tertiary/aromatic N) is 1. The molecule has 0 radical (unpaired) electrons. The molecule has 3 N–H and O–H groups in total. The minimum atomic E-state index is 0.117. The maximum atomic E-state index is 8.58. The first kappa shape index (κ1) is 11.3. The van der Waals surface area contributed by atoms with Crippen molar-refractivity contribution in [1.29, 1.82) is 0 Å². The molecule has 0 unspecified atom stereocenters. The highest BCUT2D eigenvalue weighted by atomic mass is 79.9. The van der Waals surface area contributed by atoms with E-state index < -0.39 is 0 Å². The lowest BCUT2D eigenvalue weighted by Crippen LogP contribution is -2.03. The van der Waals surface area contributed by atoms with Gasteiger partial charge >= 0.3 is 0 Å². The van der Waals surface area contributed by atoms with Crippen molar-refractivity contribution in [2.75, 3.05) is 18.9 Å². The number of anilines is 1. The zero-order chi connectivity index (χ0) is 10.6. The van der Waals surface area contributed by atoms with Crippen molar-refractivity contribution in [2.45, 2.75) is 13.3 Å². The number of hydrogen-bond donors (Lipinski definition) is 2. The summed E-state index contributed by atoms with van der Waals surface area (Å²) in [6, 6.07) is 0. The number of nitrogens with two attached hydrogens (primary N) is 1. The highest BCUT2D eigenvalue weighted by Crippen LogP contribution is 2.29. The van der Waals surface area contributed by atoms with Gasteiger partial charge < -0.3 is 15.6 Å². The number of aliphatic hydroxyl groups is 1.